The minimum atomic E-state index is -1.01. The van der Waals surface area contributed by atoms with E-state index in [1.54, 1.807) is 48.8 Å². The predicted molar refractivity (Wildman–Crippen MR) is 89.5 cm³/mol. The molecule has 1 unspecified atom stereocenters. The first-order valence-electron chi connectivity index (χ1n) is 7.39. The summed E-state index contributed by atoms with van der Waals surface area (Å²) in [5.74, 6) is -1.33. The quantitative estimate of drug-likeness (QED) is 0.742. The van der Waals surface area contributed by atoms with Gasteiger partial charge in [-0.1, -0.05) is 24.3 Å². The lowest BCUT2D eigenvalue weighted by molar-refractivity contribution is 0.0698. The zero-order chi connectivity index (χ0) is 16.9. The number of anilines is 1. The highest BCUT2D eigenvalue weighted by atomic mass is 19.1. The Bertz CT molecular complexity index is 836. The number of pyridine rings is 1. The molecule has 0 aliphatic rings. The SMILES string of the molecule is O=C(O)c1ccccc1NC(c1ccncc1)c1ccc(F)cc1. The van der Waals surface area contributed by atoms with Crippen molar-refractivity contribution in [1.82, 2.24) is 4.98 Å². The topological polar surface area (TPSA) is 62.2 Å². The van der Waals surface area contributed by atoms with Gasteiger partial charge in [0.1, 0.15) is 5.82 Å². The molecule has 0 spiro atoms. The average molecular weight is 322 g/mol. The third-order valence-corrected chi connectivity index (χ3v) is 3.70. The minimum Gasteiger partial charge on any atom is -0.478 e. The lowest BCUT2D eigenvalue weighted by Crippen LogP contribution is -2.15. The van der Waals surface area contributed by atoms with Crippen LogP contribution in [0.2, 0.25) is 0 Å². The van der Waals surface area contributed by atoms with Crippen LogP contribution in [0.3, 0.4) is 0 Å². The second-order valence-corrected chi connectivity index (χ2v) is 5.26. The molecule has 0 saturated carbocycles. The van der Waals surface area contributed by atoms with E-state index < -0.39 is 5.97 Å². The van der Waals surface area contributed by atoms with Crippen LogP contribution in [0.1, 0.15) is 27.5 Å². The molecule has 0 radical (unpaired) electrons. The van der Waals surface area contributed by atoms with E-state index in [0.717, 1.165) is 11.1 Å². The lowest BCUT2D eigenvalue weighted by atomic mass is 9.98. The molecule has 120 valence electrons. The van der Waals surface area contributed by atoms with E-state index in [1.165, 1.54) is 12.1 Å². The molecular formula is C19H15FN2O2. The van der Waals surface area contributed by atoms with Crippen molar-refractivity contribution in [2.75, 3.05) is 5.32 Å². The molecule has 0 amide bonds. The maximum atomic E-state index is 13.2. The van der Waals surface area contributed by atoms with Gasteiger partial charge < -0.3 is 10.4 Å². The summed E-state index contributed by atoms with van der Waals surface area (Å²) >= 11 is 0. The molecule has 0 saturated heterocycles. The fraction of sp³-hybridized carbons (Fsp3) is 0.0526. The van der Waals surface area contributed by atoms with Gasteiger partial charge in [0.05, 0.1) is 11.6 Å². The molecule has 1 atom stereocenters. The average Bonchev–Trinajstić information content (AvgIpc) is 2.61. The van der Waals surface area contributed by atoms with E-state index in [4.69, 9.17) is 0 Å². The zero-order valence-corrected chi connectivity index (χ0v) is 12.7. The number of para-hydroxylation sites is 1. The maximum absolute atomic E-state index is 13.2. The van der Waals surface area contributed by atoms with E-state index in [1.807, 2.05) is 12.1 Å². The van der Waals surface area contributed by atoms with E-state index in [0.29, 0.717) is 5.69 Å². The van der Waals surface area contributed by atoms with Crippen molar-refractivity contribution in [1.29, 1.82) is 0 Å². The Labute approximate surface area is 138 Å². The van der Waals surface area contributed by atoms with Crippen LogP contribution in [0.25, 0.3) is 0 Å². The van der Waals surface area contributed by atoms with Gasteiger partial charge in [0, 0.05) is 18.1 Å². The maximum Gasteiger partial charge on any atom is 0.337 e. The van der Waals surface area contributed by atoms with Crippen molar-refractivity contribution < 1.29 is 14.3 Å². The molecule has 1 heterocycles. The number of nitrogens with zero attached hydrogens (tertiary/aromatic N) is 1. The normalized spacial score (nSPS) is 11.7. The molecule has 2 aromatic carbocycles. The first-order chi connectivity index (χ1) is 11.6. The number of carbonyl (C=O) groups is 1. The summed E-state index contributed by atoms with van der Waals surface area (Å²) in [6.45, 7) is 0. The molecule has 1 aromatic heterocycles. The van der Waals surface area contributed by atoms with Gasteiger partial charge in [-0.15, -0.1) is 0 Å². The summed E-state index contributed by atoms with van der Waals surface area (Å²) in [5, 5.41) is 12.6. The molecule has 4 nitrogen and oxygen atoms in total. The van der Waals surface area contributed by atoms with Crippen LogP contribution in [-0.4, -0.2) is 16.1 Å². The molecule has 24 heavy (non-hydrogen) atoms. The van der Waals surface area contributed by atoms with Crippen molar-refractivity contribution >= 4 is 11.7 Å². The number of hydrogen-bond donors (Lipinski definition) is 2. The smallest absolute Gasteiger partial charge is 0.337 e. The van der Waals surface area contributed by atoms with E-state index in [9.17, 15) is 14.3 Å². The molecule has 0 fully saturated rings. The highest BCUT2D eigenvalue weighted by molar-refractivity contribution is 5.94. The Morgan fingerprint density at radius 2 is 1.58 bits per heavy atom. The molecule has 5 heteroatoms. The number of hydrogen-bond acceptors (Lipinski definition) is 3. The first kappa shape index (κ1) is 15.7. The predicted octanol–water partition coefficient (Wildman–Crippen LogP) is 4.12. The Balaban J connectivity index is 2.03. The summed E-state index contributed by atoms with van der Waals surface area (Å²) in [6, 6.07) is 16.2. The number of aromatic carboxylic acids is 1. The number of benzene rings is 2. The van der Waals surface area contributed by atoms with Crippen LogP contribution in [-0.2, 0) is 0 Å². The number of nitrogens with one attached hydrogen (secondary N) is 1. The molecule has 0 aliphatic heterocycles. The molecule has 3 rings (SSSR count). The summed E-state index contributed by atoms with van der Waals surface area (Å²) in [5.41, 5.74) is 2.40. The fourth-order valence-electron chi connectivity index (χ4n) is 2.52. The van der Waals surface area contributed by atoms with Gasteiger partial charge in [0.2, 0.25) is 0 Å². The number of rotatable bonds is 5. The molecule has 0 aliphatic carbocycles. The number of carboxylic acid groups (broad SMARTS) is 1. The van der Waals surface area contributed by atoms with Crippen LogP contribution in [0.5, 0.6) is 0 Å². The van der Waals surface area contributed by atoms with Crippen LogP contribution in [0.4, 0.5) is 10.1 Å². The minimum absolute atomic E-state index is 0.179. The zero-order valence-electron chi connectivity index (χ0n) is 12.7. The Morgan fingerprint density at radius 3 is 2.25 bits per heavy atom. The summed E-state index contributed by atoms with van der Waals surface area (Å²) in [7, 11) is 0. The molecule has 2 N–H and O–H groups in total. The highest BCUT2D eigenvalue weighted by Gasteiger charge is 2.17. The number of halogens is 1. The van der Waals surface area contributed by atoms with Gasteiger partial charge in [-0.3, -0.25) is 4.98 Å². The van der Waals surface area contributed by atoms with E-state index in [2.05, 4.69) is 10.3 Å². The highest BCUT2D eigenvalue weighted by Crippen LogP contribution is 2.28. The number of carboxylic acids is 1. The lowest BCUT2D eigenvalue weighted by Gasteiger charge is -2.22. The van der Waals surface area contributed by atoms with Gasteiger partial charge >= 0.3 is 5.97 Å². The van der Waals surface area contributed by atoms with Gasteiger partial charge in [-0.2, -0.15) is 0 Å². The van der Waals surface area contributed by atoms with Crippen LogP contribution < -0.4 is 5.32 Å². The van der Waals surface area contributed by atoms with Gasteiger partial charge in [0.25, 0.3) is 0 Å². The van der Waals surface area contributed by atoms with E-state index >= 15 is 0 Å². The van der Waals surface area contributed by atoms with Gasteiger partial charge in [-0.05, 0) is 47.5 Å². The number of aromatic nitrogens is 1. The monoisotopic (exact) mass is 322 g/mol. The molecule has 0 bridgehead atoms. The van der Waals surface area contributed by atoms with Gasteiger partial charge in [0.15, 0.2) is 0 Å². The van der Waals surface area contributed by atoms with Crippen molar-refractivity contribution in [2.24, 2.45) is 0 Å². The summed E-state index contributed by atoms with van der Waals surface area (Å²) < 4.78 is 13.2. The van der Waals surface area contributed by atoms with Crippen LogP contribution in [0, 0.1) is 5.82 Å². The Hall–Kier alpha value is -3.21. The fourth-order valence-corrected chi connectivity index (χ4v) is 2.52. The third-order valence-electron chi connectivity index (χ3n) is 3.70. The van der Waals surface area contributed by atoms with Crippen molar-refractivity contribution in [2.45, 2.75) is 6.04 Å². The van der Waals surface area contributed by atoms with Crippen molar-refractivity contribution in [3.8, 4) is 0 Å². The van der Waals surface area contributed by atoms with E-state index in [-0.39, 0.29) is 17.4 Å². The van der Waals surface area contributed by atoms with Crippen molar-refractivity contribution in [3.05, 3.63) is 95.6 Å². The first-order valence-corrected chi connectivity index (χ1v) is 7.39. The third kappa shape index (κ3) is 3.41. The standard InChI is InChI=1S/C19H15FN2O2/c20-15-7-5-13(6-8-15)18(14-9-11-21-12-10-14)22-17-4-2-1-3-16(17)19(23)24/h1-12,18,22H,(H,23,24). The molecule has 3 aromatic rings. The largest absolute Gasteiger partial charge is 0.478 e. The molecular weight excluding hydrogens is 307 g/mol. The van der Waals surface area contributed by atoms with Gasteiger partial charge in [-0.25, -0.2) is 9.18 Å². The Morgan fingerprint density at radius 1 is 0.958 bits per heavy atom. The summed E-state index contributed by atoms with van der Waals surface area (Å²) in [6.07, 6.45) is 3.33. The van der Waals surface area contributed by atoms with Crippen molar-refractivity contribution in [3.63, 3.8) is 0 Å². The second-order valence-electron chi connectivity index (χ2n) is 5.26. The van der Waals surface area contributed by atoms with Crippen LogP contribution >= 0.6 is 0 Å². The summed E-state index contributed by atoms with van der Waals surface area (Å²) in [4.78, 5) is 15.4. The van der Waals surface area contributed by atoms with Crippen LogP contribution in [0.15, 0.2) is 73.1 Å². The Kier molecular flexibility index (Phi) is 4.52. The second kappa shape index (κ2) is 6.91.